The number of nitrogens with zero attached hydrogens (tertiary/aromatic N) is 1. The third kappa shape index (κ3) is 4.52. The monoisotopic (exact) mass is 463 g/mol. The molecule has 3 aromatic rings. The standard InChI is InChI=1S/C26H23F2N3O3/c1-15-19-7-3-4-8-20(19)21-9-5-6-10-23(21)31(26(15)34)30-25(33)16(2)29-24(32)13-17-11-12-18(27)14-22(17)28/h3-12,14-16H,13H2,1-2H3,(H,29,32)(H,30,33)/t15?,16-/m0/s1. The van der Waals surface area contributed by atoms with E-state index in [0.29, 0.717) is 11.8 Å². The molecule has 174 valence electrons. The zero-order chi connectivity index (χ0) is 24.4. The first kappa shape index (κ1) is 23.1. The molecule has 0 saturated carbocycles. The predicted octanol–water partition coefficient (Wildman–Crippen LogP) is 3.86. The third-order valence-corrected chi connectivity index (χ3v) is 5.81. The highest BCUT2D eigenvalue weighted by Gasteiger charge is 2.33. The van der Waals surface area contributed by atoms with Crippen LogP contribution < -0.4 is 15.8 Å². The van der Waals surface area contributed by atoms with Gasteiger partial charge in [-0.1, -0.05) is 48.5 Å². The van der Waals surface area contributed by atoms with Gasteiger partial charge in [0.25, 0.3) is 11.8 Å². The minimum Gasteiger partial charge on any atom is -0.344 e. The van der Waals surface area contributed by atoms with Crippen molar-refractivity contribution >= 4 is 23.4 Å². The van der Waals surface area contributed by atoms with E-state index in [4.69, 9.17) is 0 Å². The first-order valence-electron chi connectivity index (χ1n) is 10.8. The maximum Gasteiger partial charge on any atom is 0.261 e. The molecule has 0 spiro atoms. The highest BCUT2D eigenvalue weighted by atomic mass is 19.1. The van der Waals surface area contributed by atoms with Crippen molar-refractivity contribution in [3.63, 3.8) is 0 Å². The Bertz CT molecular complexity index is 1280. The Morgan fingerprint density at radius 2 is 1.68 bits per heavy atom. The number of nitrogens with one attached hydrogen (secondary N) is 2. The summed E-state index contributed by atoms with van der Waals surface area (Å²) in [4.78, 5) is 38.6. The Hall–Kier alpha value is -4.07. The van der Waals surface area contributed by atoms with Crippen LogP contribution in [-0.2, 0) is 20.8 Å². The third-order valence-electron chi connectivity index (χ3n) is 5.81. The van der Waals surface area contributed by atoms with Crippen molar-refractivity contribution in [3.05, 3.63) is 89.5 Å². The lowest BCUT2D eigenvalue weighted by molar-refractivity contribution is -0.130. The molecule has 1 aliphatic rings. The largest absolute Gasteiger partial charge is 0.344 e. The summed E-state index contributed by atoms with van der Waals surface area (Å²) in [7, 11) is 0. The van der Waals surface area contributed by atoms with Crippen molar-refractivity contribution in [1.82, 2.24) is 10.7 Å². The number of hydrogen-bond donors (Lipinski definition) is 2. The van der Waals surface area contributed by atoms with E-state index in [0.717, 1.165) is 22.8 Å². The molecule has 0 radical (unpaired) electrons. The first-order valence-corrected chi connectivity index (χ1v) is 10.8. The summed E-state index contributed by atoms with van der Waals surface area (Å²) in [5, 5.41) is 3.71. The van der Waals surface area contributed by atoms with Gasteiger partial charge >= 0.3 is 0 Å². The number of hydrogen-bond acceptors (Lipinski definition) is 3. The number of anilines is 1. The summed E-state index contributed by atoms with van der Waals surface area (Å²) in [5.74, 6) is -3.65. The molecule has 0 fully saturated rings. The number of carbonyl (C=O) groups is 3. The molecule has 0 aliphatic carbocycles. The van der Waals surface area contributed by atoms with Crippen molar-refractivity contribution < 1.29 is 23.2 Å². The van der Waals surface area contributed by atoms with Crippen LogP contribution in [0.15, 0.2) is 66.7 Å². The fourth-order valence-corrected chi connectivity index (χ4v) is 3.98. The minimum absolute atomic E-state index is 0.00900. The van der Waals surface area contributed by atoms with Crippen LogP contribution >= 0.6 is 0 Å². The summed E-state index contributed by atoms with van der Waals surface area (Å²) in [6, 6.07) is 16.7. The van der Waals surface area contributed by atoms with Gasteiger partial charge in [0.05, 0.1) is 18.0 Å². The van der Waals surface area contributed by atoms with Crippen LogP contribution in [0.2, 0.25) is 0 Å². The van der Waals surface area contributed by atoms with E-state index >= 15 is 0 Å². The second kappa shape index (κ2) is 9.43. The molecule has 0 saturated heterocycles. The van der Waals surface area contributed by atoms with Crippen LogP contribution in [0.3, 0.4) is 0 Å². The topological polar surface area (TPSA) is 78.5 Å². The fraction of sp³-hybridized carbons (Fsp3) is 0.192. The van der Waals surface area contributed by atoms with Gasteiger partial charge in [-0.25, -0.2) is 13.8 Å². The summed E-state index contributed by atoms with van der Waals surface area (Å²) >= 11 is 0. The normalized spacial score (nSPS) is 15.6. The van der Waals surface area contributed by atoms with Crippen LogP contribution in [0, 0.1) is 11.6 Å². The van der Waals surface area contributed by atoms with Gasteiger partial charge in [0.1, 0.15) is 17.7 Å². The van der Waals surface area contributed by atoms with Crippen molar-refractivity contribution in [2.24, 2.45) is 0 Å². The molecule has 2 N–H and O–H groups in total. The second-order valence-corrected chi connectivity index (χ2v) is 8.18. The molecule has 34 heavy (non-hydrogen) atoms. The molecule has 1 unspecified atom stereocenters. The van der Waals surface area contributed by atoms with Crippen molar-refractivity contribution in [3.8, 4) is 11.1 Å². The number of fused-ring (bicyclic) bond motifs is 3. The summed E-state index contributed by atoms with van der Waals surface area (Å²) in [5.41, 5.74) is 5.69. The smallest absolute Gasteiger partial charge is 0.261 e. The number of para-hydroxylation sites is 1. The Kier molecular flexibility index (Phi) is 6.40. The molecule has 1 heterocycles. The number of benzene rings is 3. The number of hydrazine groups is 1. The van der Waals surface area contributed by atoms with Crippen LogP contribution in [0.25, 0.3) is 11.1 Å². The molecule has 3 amide bonds. The zero-order valence-electron chi connectivity index (χ0n) is 18.6. The fourth-order valence-electron chi connectivity index (χ4n) is 3.98. The SMILES string of the molecule is CC1C(=O)N(NC(=O)[C@H](C)NC(=O)Cc2ccc(F)cc2F)c2ccccc2-c2ccccc21. The molecule has 2 atom stereocenters. The van der Waals surface area contributed by atoms with Crippen molar-refractivity contribution in [2.75, 3.05) is 5.01 Å². The van der Waals surface area contributed by atoms with E-state index in [1.807, 2.05) is 36.4 Å². The van der Waals surface area contributed by atoms with E-state index in [2.05, 4.69) is 10.7 Å². The number of rotatable bonds is 5. The van der Waals surface area contributed by atoms with Gasteiger partial charge in [-0.3, -0.25) is 19.8 Å². The molecule has 4 rings (SSSR count). The van der Waals surface area contributed by atoms with Gasteiger partial charge in [-0.15, -0.1) is 0 Å². The molecule has 8 heteroatoms. The number of halogens is 2. The van der Waals surface area contributed by atoms with Gasteiger partial charge in [0.15, 0.2) is 0 Å². The molecule has 1 aliphatic heterocycles. The van der Waals surface area contributed by atoms with Crippen LogP contribution in [0.5, 0.6) is 0 Å². The highest BCUT2D eigenvalue weighted by Crippen LogP contribution is 2.39. The Morgan fingerprint density at radius 1 is 1.00 bits per heavy atom. The van der Waals surface area contributed by atoms with E-state index in [-0.39, 0.29) is 17.9 Å². The lowest BCUT2D eigenvalue weighted by Gasteiger charge is -2.27. The number of amides is 3. The molecular weight excluding hydrogens is 440 g/mol. The van der Waals surface area contributed by atoms with Crippen LogP contribution in [-0.4, -0.2) is 23.8 Å². The van der Waals surface area contributed by atoms with Crippen molar-refractivity contribution in [1.29, 1.82) is 0 Å². The summed E-state index contributed by atoms with van der Waals surface area (Å²) in [6.07, 6.45) is -0.360. The maximum atomic E-state index is 13.8. The van der Waals surface area contributed by atoms with E-state index in [1.54, 1.807) is 19.1 Å². The number of carbonyl (C=O) groups excluding carboxylic acids is 3. The Balaban J connectivity index is 1.52. The first-order chi connectivity index (χ1) is 16.3. The van der Waals surface area contributed by atoms with Gasteiger partial charge in [0.2, 0.25) is 5.91 Å². The molecule has 0 bridgehead atoms. The Labute approximate surface area is 195 Å². The quantitative estimate of drug-likeness (QED) is 0.603. The van der Waals surface area contributed by atoms with Gasteiger partial charge < -0.3 is 5.32 Å². The molecule has 0 aromatic heterocycles. The van der Waals surface area contributed by atoms with E-state index < -0.39 is 35.4 Å². The Morgan fingerprint density at radius 3 is 2.41 bits per heavy atom. The highest BCUT2D eigenvalue weighted by molar-refractivity contribution is 6.06. The second-order valence-electron chi connectivity index (χ2n) is 8.18. The minimum atomic E-state index is -1.02. The van der Waals surface area contributed by atoms with Gasteiger partial charge in [0, 0.05) is 11.6 Å². The predicted molar refractivity (Wildman–Crippen MR) is 124 cm³/mol. The lowest BCUT2D eigenvalue weighted by atomic mass is 9.92. The van der Waals surface area contributed by atoms with E-state index in [1.165, 1.54) is 18.0 Å². The summed E-state index contributed by atoms with van der Waals surface area (Å²) < 4.78 is 26.9. The maximum absolute atomic E-state index is 13.8. The molecule has 6 nitrogen and oxygen atoms in total. The van der Waals surface area contributed by atoms with Crippen LogP contribution in [0.1, 0.15) is 30.9 Å². The lowest BCUT2D eigenvalue weighted by Crippen LogP contribution is -2.54. The average molecular weight is 463 g/mol. The molecular formula is C26H23F2N3O3. The van der Waals surface area contributed by atoms with Crippen molar-refractivity contribution in [2.45, 2.75) is 32.2 Å². The van der Waals surface area contributed by atoms with Gasteiger partial charge in [-0.05, 0) is 42.7 Å². The summed E-state index contributed by atoms with van der Waals surface area (Å²) in [6.45, 7) is 3.23. The van der Waals surface area contributed by atoms with E-state index in [9.17, 15) is 23.2 Å². The molecule has 3 aromatic carbocycles. The van der Waals surface area contributed by atoms with Gasteiger partial charge in [-0.2, -0.15) is 0 Å². The van der Waals surface area contributed by atoms with Crippen LogP contribution in [0.4, 0.5) is 14.5 Å². The zero-order valence-corrected chi connectivity index (χ0v) is 18.6. The average Bonchev–Trinajstić information content (AvgIpc) is 2.90.